The largest absolute Gasteiger partial charge is 0.395 e. The van der Waals surface area contributed by atoms with Crippen LogP contribution in [0.1, 0.15) is 12.0 Å². The first-order valence-electron chi connectivity index (χ1n) is 6.00. The molecule has 0 aliphatic heterocycles. The van der Waals surface area contributed by atoms with Gasteiger partial charge in [-0.1, -0.05) is 11.8 Å². The Kier molecular flexibility index (Phi) is 6.30. The third kappa shape index (κ3) is 5.15. The number of hydrogen-bond acceptors (Lipinski definition) is 4. The standard InChI is InChI=1S/C13H15FN2O4S/c1-15-13(18)9-16-21(19,20)12-6-5-11(14)8-10(12)4-2-3-7-17/h5-6,8,16-17H,3,7,9H2,1H3,(H,15,18). The van der Waals surface area contributed by atoms with Crippen LogP contribution in [0.5, 0.6) is 0 Å². The van der Waals surface area contributed by atoms with E-state index >= 15 is 0 Å². The number of carbonyl (C=O) groups excluding carboxylic acids is 1. The number of nitrogens with one attached hydrogen (secondary N) is 2. The van der Waals surface area contributed by atoms with E-state index in [2.05, 4.69) is 21.9 Å². The number of benzene rings is 1. The van der Waals surface area contributed by atoms with Crippen LogP contribution in [0.15, 0.2) is 23.1 Å². The van der Waals surface area contributed by atoms with Crippen LogP contribution in [0.25, 0.3) is 0 Å². The molecule has 0 saturated heterocycles. The molecule has 1 amide bonds. The fourth-order valence-electron chi connectivity index (χ4n) is 1.37. The Labute approximate surface area is 122 Å². The van der Waals surface area contributed by atoms with Crippen molar-refractivity contribution in [2.45, 2.75) is 11.3 Å². The van der Waals surface area contributed by atoms with E-state index < -0.39 is 28.3 Å². The lowest BCUT2D eigenvalue weighted by atomic mass is 10.2. The zero-order valence-corrected chi connectivity index (χ0v) is 12.1. The van der Waals surface area contributed by atoms with Crippen molar-refractivity contribution in [1.29, 1.82) is 0 Å². The monoisotopic (exact) mass is 314 g/mol. The molecule has 3 N–H and O–H groups in total. The fraction of sp³-hybridized carbons (Fsp3) is 0.308. The quantitative estimate of drug-likeness (QED) is 0.644. The second kappa shape index (κ2) is 7.73. The van der Waals surface area contributed by atoms with Gasteiger partial charge < -0.3 is 10.4 Å². The van der Waals surface area contributed by atoms with Crippen molar-refractivity contribution in [2.75, 3.05) is 20.2 Å². The van der Waals surface area contributed by atoms with Crippen molar-refractivity contribution in [3.05, 3.63) is 29.6 Å². The topological polar surface area (TPSA) is 95.5 Å². The van der Waals surface area contributed by atoms with Crippen molar-refractivity contribution >= 4 is 15.9 Å². The Morgan fingerprint density at radius 3 is 2.76 bits per heavy atom. The zero-order chi connectivity index (χ0) is 15.9. The zero-order valence-electron chi connectivity index (χ0n) is 11.3. The predicted octanol–water partition coefficient (Wildman–Crippen LogP) is -0.416. The smallest absolute Gasteiger partial charge is 0.242 e. The van der Waals surface area contributed by atoms with Crippen molar-refractivity contribution < 1.29 is 22.7 Å². The number of carbonyl (C=O) groups is 1. The number of amides is 1. The highest BCUT2D eigenvalue weighted by Gasteiger charge is 2.19. The number of aliphatic hydroxyl groups is 1. The Balaban J connectivity index is 3.11. The lowest BCUT2D eigenvalue weighted by molar-refractivity contribution is -0.119. The number of hydrogen-bond donors (Lipinski definition) is 3. The van der Waals surface area contributed by atoms with Gasteiger partial charge in [0.1, 0.15) is 5.82 Å². The van der Waals surface area contributed by atoms with Crippen LogP contribution in [0.4, 0.5) is 4.39 Å². The van der Waals surface area contributed by atoms with Gasteiger partial charge in [0.05, 0.1) is 18.0 Å². The molecule has 114 valence electrons. The van der Waals surface area contributed by atoms with Crippen LogP contribution in [-0.2, 0) is 14.8 Å². The molecule has 8 heteroatoms. The van der Waals surface area contributed by atoms with Crippen LogP contribution in [0.3, 0.4) is 0 Å². The van der Waals surface area contributed by atoms with Crippen molar-refractivity contribution in [1.82, 2.24) is 10.0 Å². The van der Waals surface area contributed by atoms with Gasteiger partial charge >= 0.3 is 0 Å². The SMILES string of the molecule is CNC(=O)CNS(=O)(=O)c1ccc(F)cc1C#CCCO. The number of likely N-dealkylation sites (N-methyl/N-ethyl adjacent to an activating group) is 1. The highest BCUT2D eigenvalue weighted by atomic mass is 32.2. The molecule has 0 aromatic heterocycles. The van der Waals surface area contributed by atoms with Gasteiger partial charge in [-0.05, 0) is 18.2 Å². The first-order valence-corrected chi connectivity index (χ1v) is 7.48. The first kappa shape index (κ1) is 17.1. The van der Waals surface area contributed by atoms with E-state index in [0.717, 1.165) is 18.2 Å². The van der Waals surface area contributed by atoms with Gasteiger partial charge in [0.2, 0.25) is 15.9 Å². The maximum absolute atomic E-state index is 13.2. The van der Waals surface area contributed by atoms with Gasteiger partial charge in [-0.25, -0.2) is 17.5 Å². The third-order valence-electron chi connectivity index (χ3n) is 2.39. The minimum Gasteiger partial charge on any atom is -0.395 e. The van der Waals surface area contributed by atoms with Crippen LogP contribution in [-0.4, -0.2) is 39.6 Å². The second-order valence-electron chi connectivity index (χ2n) is 3.91. The molecule has 0 heterocycles. The summed E-state index contributed by atoms with van der Waals surface area (Å²) in [5, 5.41) is 10.9. The summed E-state index contributed by atoms with van der Waals surface area (Å²) in [5.74, 6) is 3.89. The molecule has 0 fully saturated rings. The van der Waals surface area contributed by atoms with Crippen LogP contribution in [0.2, 0.25) is 0 Å². The average Bonchev–Trinajstić information content (AvgIpc) is 2.45. The summed E-state index contributed by atoms with van der Waals surface area (Å²) < 4.78 is 39.5. The Morgan fingerprint density at radius 2 is 2.14 bits per heavy atom. The van der Waals surface area contributed by atoms with E-state index in [-0.39, 0.29) is 23.5 Å². The predicted molar refractivity (Wildman–Crippen MR) is 74.2 cm³/mol. The molecule has 0 radical (unpaired) electrons. The van der Waals surface area contributed by atoms with Crippen LogP contribution >= 0.6 is 0 Å². The Bertz CT molecular complexity index is 677. The van der Waals surface area contributed by atoms with Gasteiger partial charge in [-0.2, -0.15) is 0 Å². The molecular formula is C13H15FN2O4S. The number of rotatable bonds is 5. The minimum atomic E-state index is -3.99. The molecule has 0 unspecified atom stereocenters. The lowest BCUT2D eigenvalue weighted by Crippen LogP contribution is -2.35. The molecule has 0 atom stereocenters. The van der Waals surface area contributed by atoms with Gasteiger partial charge in [0.25, 0.3) is 0 Å². The van der Waals surface area contributed by atoms with E-state index in [9.17, 15) is 17.6 Å². The Hall–Kier alpha value is -1.95. The molecule has 1 aromatic carbocycles. The summed E-state index contributed by atoms with van der Waals surface area (Å²) in [6.07, 6.45) is 0.141. The highest BCUT2D eigenvalue weighted by Crippen LogP contribution is 2.16. The average molecular weight is 314 g/mol. The van der Waals surface area contributed by atoms with E-state index in [1.807, 2.05) is 0 Å². The highest BCUT2D eigenvalue weighted by molar-refractivity contribution is 7.89. The molecule has 1 rings (SSSR count). The van der Waals surface area contributed by atoms with Crippen molar-refractivity contribution in [3.8, 4) is 11.8 Å². The molecular weight excluding hydrogens is 299 g/mol. The van der Waals surface area contributed by atoms with Gasteiger partial charge in [0, 0.05) is 19.0 Å². The minimum absolute atomic E-state index is 0.0344. The van der Waals surface area contributed by atoms with Gasteiger partial charge in [0.15, 0.2) is 0 Å². The summed E-state index contributed by atoms with van der Waals surface area (Å²) in [6.45, 7) is -0.612. The normalized spacial score (nSPS) is 10.6. The summed E-state index contributed by atoms with van der Waals surface area (Å²) in [5.41, 5.74) is -0.0344. The third-order valence-corrected chi connectivity index (χ3v) is 3.85. The van der Waals surface area contributed by atoms with Gasteiger partial charge in [-0.3, -0.25) is 4.79 Å². The molecule has 1 aromatic rings. The summed E-state index contributed by atoms with van der Waals surface area (Å²) in [4.78, 5) is 10.9. The number of aliphatic hydroxyl groups excluding tert-OH is 1. The number of halogens is 1. The van der Waals surface area contributed by atoms with Crippen LogP contribution < -0.4 is 10.0 Å². The van der Waals surface area contributed by atoms with Crippen molar-refractivity contribution in [3.63, 3.8) is 0 Å². The van der Waals surface area contributed by atoms with Crippen LogP contribution in [0, 0.1) is 17.7 Å². The fourth-order valence-corrected chi connectivity index (χ4v) is 2.50. The molecule has 6 nitrogen and oxygen atoms in total. The molecule has 0 saturated carbocycles. The van der Waals surface area contributed by atoms with E-state index in [1.165, 1.54) is 7.05 Å². The Morgan fingerprint density at radius 1 is 1.43 bits per heavy atom. The maximum Gasteiger partial charge on any atom is 0.242 e. The molecule has 0 aliphatic rings. The number of sulfonamides is 1. The second-order valence-corrected chi connectivity index (χ2v) is 5.65. The van der Waals surface area contributed by atoms with E-state index in [0.29, 0.717) is 0 Å². The summed E-state index contributed by atoms with van der Waals surface area (Å²) in [6, 6.07) is 3.05. The molecule has 0 bridgehead atoms. The van der Waals surface area contributed by atoms with Crippen molar-refractivity contribution in [2.24, 2.45) is 0 Å². The molecule has 0 spiro atoms. The molecule has 21 heavy (non-hydrogen) atoms. The summed E-state index contributed by atoms with van der Waals surface area (Å²) >= 11 is 0. The summed E-state index contributed by atoms with van der Waals surface area (Å²) in [7, 11) is -2.62. The van der Waals surface area contributed by atoms with Gasteiger partial charge in [-0.15, -0.1) is 0 Å². The molecule has 0 aliphatic carbocycles. The first-order chi connectivity index (χ1) is 9.90. The van der Waals surface area contributed by atoms with E-state index in [1.54, 1.807) is 0 Å². The lowest BCUT2D eigenvalue weighted by Gasteiger charge is -2.08. The van der Waals surface area contributed by atoms with E-state index in [4.69, 9.17) is 5.11 Å². The maximum atomic E-state index is 13.2.